The van der Waals surface area contributed by atoms with Gasteiger partial charge in [0, 0.05) is 23.2 Å². The van der Waals surface area contributed by atoms with Gasteiger partial charge in [0.15, 0.2) is 0 Å². The topological polar surface area (TPSA) is 15.3 Å². The Kier molecular flexibility index (Phi) is 8.22. The zero-order chi connectivity index (χ0) is 10.7. The fourth-order valence-electron chi connectivity index (χ4n) is 2.08. The Labute approximate surface area is 124 Å². The molecule has 1 heterocycles. The van der Waals surface area contributed by atoms with Gasteiger partial charge in [-0.1, -0.05) is 15.9 Å². The zero-order valence-electron chi connectivity index (χ0n) is 9.86. The third-order valence-electron chi connectivity index (χ3n) is 3.09. The number of anilines is 1. The quantitative estimate of drug-likeness (QED) is 0.885. The Bertz CT molecular complexity index is 313. The largest absolute Gasteiger partial charge is 0.372 e. The average molecular weight is 342 g/mol. The summed E-state index contributed by atoms with van der Waals surface area (Å²) in [6.07, 6.45) is 2.49. The van der Waals surface area contributed by atoms with Gasteiger partial charge in [-0.3, -0.25) is 0 Å². The number of piperidine rings is 1. The molecule has 0 saturated carbocycles. The molecule has 1 N–H and O–H groups in total. The second kappa shape index (κ2) is 8.20. The number of nitrogens with one attached hydrogen (secondary N) is 1. The van der Waals surface area contributed by atoms with E-state index in [-0.39, 0.29) is 24.8 Å². The summed E-state index contributed by atoms with van der Waals surface area (Å²) in [5.74, 6) is 0. The average Bonchev–Trinajstić information content (AvgIpc) is 2.30. The first kappa shape index (κ1) is 17.0. The van der Waals surface area contributed by atoms with Crippen LogP contribution in [0.2, 0.25) is 0 Å². The number of nitrogens with zero attached hydrogens (tertiary/aromatic N) is 1. The minimum atomic E-state index is 0. The molecule has 1 aromatic rings. The minimum Gasteiger partial charge on any atom is -0.372 e. The van der Waals surface area contributed by atoms with E-state index in [1.807, 2.05) is 0 Å². The van der Waals surface area contributed by atoms with Gasteiger partial charge in [0.2, 0.25) is 0 Å². The van der Waals surface area contributed by atoms with Gasteiger partial charge in [0.25, 0.3) is 0 Å². The molecule has 0 aromatic heterocycles. The molecule has 0 bridgehead atoms. The first-order valence-electron chi connectivity index (χ1n) is 5.46. The lowest BCUT2D eigenvalue weighted by molar-refractivity contribution is 0.443. The SMILES string of the molecule is CN(c1ccc(Br)cc1)C1CCNCC1.Cl.Cl. The monoisotopic (exact) mass is 340 g/mol. The third-order valence-corrected chi connectivity index (χ3v) is 3.62. The lowest BCUT2D eigenvalue weighted by Gasteiger charge is -2.33. The van der Waals surface area contributed by atoms with E-state index in [1.54, 1.807) is 0 Å². The van der Waals surface area contributed by atoms with Crippen LogP contribution in [-0.2, 0) is 0 Å². The van der Waals surface area contributed by atoms with Gasteiger partial charge in [0.1, 0.15) is 0 Å². The van der Waals surface area contributed by atoms with Gasteiger partial charge in [-0.15, -0.1) is 24.8 Å². The maximum atomic E-state index is 3.46. The van der Waals surface area contributed by atoms with Crippen LogP contribution in [0.25, 0.3) is 0 Å². The highest BCUT2D eigenvalue weighted by Crippen LogP contribution is 2.21. The van der Waals surface area contributed by atoms with Gasteiger partial charge in [-0.05, 0) is 50.2 Å². The Balaban J connectivity index is 0.00000128. The summed E-state index contributed by atoms with van der Waals surface area (Å²) in [7, 11) is 2.19. The van der Waals surface area contributed by atoms with Gasteiger partial charge < -0.3 is 10.2 Å². The molecule has 1 aromatic carbocycles. The molecule has 0 radical (unpaired) electrons. The summed E-state index contributed by atoms with van der Waals surface area (Å²) >= 11 is 3.46. The van der Waals surface area contributed by atoms with Gasteiger partial charge in [-0.2, -0.15) is 0 Å². The first-order chi connectivity index (χ1) is 7.27. The standard InChI is InChI=1S/C12H17BrN2.2ClH/c1-15(12-6-8-14-9-7-12)11-4-2-10(13)3-5-11;;/h2-5,12,14H,6-9H2,1H3;2*1H. The fraction of sp³-hybridized carbons (Fsp3) is 0.500. The van der Waals surface area contributed by atoms with E-state index in [2.05, 4.69) is 57.5 Å². The minimum absolute atomic E-state index is 0. The Hall–Kier alpha value is 0.0400. The molecular weight excluding hydrogens is 323 g/mol. The van der Waals surface area contributed by atoms with Crippen molar-refractivity contribution < 1.29 is 0 Å². The molecule has 5 heteroatoms. The normalized spacial score (nSPS) is 15.6. The van der Waals surface area contributed by atoms with Crippen molar-refractivity contribution >= 4 is 46.4 Å². The molecule has 1 aliphatic rings. The second-order valence-corrected chi connectivity index (χ2v) is 4.98. The van der Waals surface area contributed by atoms with E-state index in [0.717, 1.165) is 17.6 Å². The van der Waals surface area contributed by atoms with Gasteiger partial charge >= 0.3 is 0 Å². The van der Waals surface area contributed by atoms with Crippen molar-refractivity contribution in [3.8, 4) is 0 Å². The van der Waals surface area contributed by atoms with Crippen LogP contribution < -0.4 is 10.2 Å². The summed E-state index contributed by atoms with van der Waals surface area (Å²) in [6.45, 7) is 2.29. The third kappa shape index (κ3) is 4.66. The van der Waals surface area contributed by atoms with Crippen LogP contribution in [0.15, 0.2) is 28.7 Å². The van der Waals surface area contributed by atoms with Crippen LogP contribution in [0.3, 0.4) is 0 Å². The molecule has 0 spiro atoms. The molecule has 0 unspecified atom stereocenters. The van der Waals surface area contributed by atoms with Crippen LogP contribution in [-0.4, -0.2) is 26.2 Å². The molecule has 2 rings (SSSR count). The molecule has 98 valence electrons. The van der Waals surface area contributed by atoms with Crippen LogP contribution >= 0.6 is 40.7 Å². The Morgan fingerprint density at radius 2 is 1.65 bits per heavy atom. The maximum Gasteiger partial charge on any atom is 0.0366 e. The van der Waals surface area contributed by atoms with E-state index in [4.69, 9.17) is 0 Å². The molecule has 1 fully saturated rings. The Morgan fingerprint density at radius 3 is 2.18 bits per heavy atom. The number of benzene rings is 1. The number of hydrogen-bond acceptors (Lipinski definition) is 2. The summed E-state index contributed by atoms with van der Waals surface area (Å²) in [5.41, 5.74) is 1.31. The molecule has 1 aliphatic heterocycles. The molecule has 0 amide bonds. The highest BCUT2D eigenvalue weighted by molar-refractivity contribution is 9.10. The van der Waals surface area contributed by atoms with E-state index < -0.39 is 0 Å². The van der Waals surface area contributed by atoms with E-state index in [9.17, 15) is 0 Å². The molecule has 2 nitrogen and oxygen atoms in total. The van der Waals surface area contributed by atoms with E-state index >= 15 is 0 Å². The predicted octanol–water partition coefficient (Wildman–Crippen LogP) is 3.48. The van der Waals surface area contributed by atoms with E-state index in [1.165, 1.54) is 18.5 Å². The molecule has 0 aliphatic carbocycles. The molecule has 1 saturated heterocycles. The first-order valence-corrected chi connectivity index (χ1v) is 6.26. The lowest BCUT2D eigenvalue weighted by Crippen LogP contribution is -2.41. The molecular formula is C12H19BrCl2N2. The summed E-state index contributed by atoms with van der Waals surface area (Å²) in [4.78, 5) is 2.40. The summed E-state index contributed by atoms with van der Waals surface area (Å²) in [6, 6.07) is 9.24. The van der Waals surface area contributed by atoms with Crippen molar-refractivity contribution in [3.63, 3.8) is 0 Å². The van der Waals surface area contributed by atoms with Crippen molar-refractivity contribution in [2.24, 2.45) is 0 Å². The van der Waals surface area contributed by atoms with Crippen molar-refractivity contribution in [2.75, 3.05) is 25.0 Å². The number of hydrogen-bond donors (Lipinski definition) is 1. The van der Waals surface area contributed by atoms with Crippen LogP contribution in [0, 0.1) is 0 Å². The van der Waals surface area contributed by atoms with Crippen molar-refractivity contribution in [3.05, 3.63) is 28.7 Å². The summed E-state index contributed by atoms with van der Waals surface area (Å²) < 4.78 is 1.14. The highest BCUT2D eigenvalue weighted by Gasteiger charge is 2.17. The number of rotatable bonds is 2. The predicted molar refractivity (Wildman–Crippen MR) is 82.9 cm³/mol. The van der Waals surface area contributed by atoms with Crippen molar-refractivity contribution in [1.29, 1.82) is 0 Å². The van der Waals surface area contributed by atoms with Crippen LogP contribution in [0.4, 0.5) is 5.69 Å². The maximum absolute atomic E-state index is 3.46. The second-order valence-electron chi connectivity index (χ2n) is 4.07. The number of halogens is 3. The lowest BCUT2D eigenvalue weighted by atomic mass is 10.0. The van der Waals surface area contributed by atoms with Crippen LogP contribution in [0.5, 0.6) is 0 Å². The van der Waals surface area contributed by atoms with Gasteiger partial charge in [-0.25, -0.2) is 0 Å². The Morgan fingerprint density at radius 1 is 1.12 bits per heavy atom. The fourth-order valence-corrected chi connectivity index (χ4v) is 2.35. The molecule has 0 atom stereocenters. The summed E-state index contributed by atoms with van der Waals surface area (Å²) in [5, 5.41) is 3.40. The smallest absolute Gasteiger partial charge is 0.0366 e. The van der Waals surface area contributed by atoms with Crippen molar-refractivity contribution in [1.82, 2.24) is 5.32 Å². The van der Waals surface area contributed by atoms with E-state index in [0.29, 0.717) is 6.04 Å². The van der Waals surface area contributed by atoms with Crippen molar-refractivity contribution in [2.45, 2.75) is 18.9 Å². The van der Waals surface area contributed by atoms with Gasteiger partial charge in [0.05, 0.1) is 0 Å². The highest BCUT2D eigenvalue weighted by atomic mass is 79.9. The van der Waals surface area contributed by atoms with Crippen LogP contribution in [0.1, 0.15) is 12.8 Å². The molecule has 17 heavy (non-hydrogen) atoms. The zero-order valence-corrected chi connectivity index (χ0v) is 13.1.